The Morgan fingerprint density at radius 2 is 1.46 bits per heavy atom. The minimum atomic E-state index is -0.663. The van der Waals surface area contributed by atoms with Gasteiger partial charge in [0, 0.05) is 22.3 Å². The first-order valence-electron chi connectivity index (χ1n) is 8.39. The molecule has 1 aliphatic carbocycles. The summed E-state index contributed by atoms with van der Waals surface area (Å²) in [5.41, 5.74) is 0.0136. The zero-order valence-corrected chi connectivity index (χ0v) is 14.7. The molecular formula is C22H14O6. The van der Waals surface area contributed by atoms with Crippen LogP contribution in [0.25, 0.3) is 0 Å². The lowest BCUT2D eigenvalue weighted by Crippen LogP contribution is -2.22. The zero-order valence-electron chi connectivity index (χ0n) is 14.7. The molecular weight excluding hydrogens is 360 g/mol. The molecule has 0 fully saturated rings. The Labute approximate surface area is 159 Å². The summed E-state index contributed by atoms with van der Waals surface area (Å²) >= 11 is 0. The number of carbonyl (C=O) groups excluding carboxylic acids is 3. The first-order chi connectivity index (χ1) is 13.4. The van der Waals surface area contributed by atoms with Crippen LogP contribution in [-0.4, -0.2) is 34.7 Å². The van der Waals surface area contributed by atoms with Gasteiger partial charge in [-0.2, -0.15) is 0 Å². The van der Waals surface area contributed by atoms with Crippen molar-refractivity contribution in [3.8, 4) is 17.2 Å². The molecule has 0 spiro atoms. The van der Waals surface area contributed by atoms with E-state index in [0.717, 1.165) is 6.07 Å². The first-order valence-corrected chi connectivity index (χ1v) is 8.39. The van der Waals surface area contributed by atoms with Crippen LogP contribution >= 0.6 is 0 Å². The molecule has 0 saturated carbocycles. The minimum absolute atomic E-state index is 0.0333. The van der Waals surface area contributed by atoms with Crippen molar-refractivity contribution in [1.82, 2.24) is 0 Å². The lowest BCUT2D eigenvalue weighted by molar-refractivity contribution is 0.0973. The van der Waals surface area contributed by atoms with Crippen LogP contribution in [0.1, 0.15) is 47.8 Å². The van der Waals surface area contributed by atoms with Crippen LogP contribution in [0.2, 0.25) is 0 Å². The zero-order chi connectivity index (χ0) is 20.0. The highest BCUT2D eigenvalue weighted by Gasteiger charge is 2.35. The molecule has 2 N–H and O–H groups in total. The summed E-state index contributed by atoms with van der Waals surface area (Å²) in [4.78, 5) is 38.4. The first kappa shape index (κ1) is 17.5. The number of phenolic OH excluding ortho intramolecular Hbond substituents is 2. The van der Waals surface area contributed by atoms with E-state index in [2.05, 4.69) is 0 Å². The van der Waals surface area contributed by atoms with Gasteiger partial charge in [-0.3, -0.25) is 14.4 Å². The van der Waals surface area contributed by atoms with Crippen LogP contribution in [-0.2, 0) is 0 Å². The SMILES string of the molecule is COc1ccc(C(=O)c2cc(O)c3c(c2)C(=O)c2cccc(O)c2C3=O)cc1. The number of aromatic hydroxyl groups is 2. The Balaban J connectivity index is 1.83. The summed E-state index contributed by atoms with van der Waals surface area (Å²) in [5, 5.41) is 20.4. The second-order valence-corrected chi connectivity index (χ2v) is 6.33. The van der Waals surface area contributed by atoms with Gasteiger partial charge in [0.25, 0.3) is 0 Å². The predicted molar refractivity (Wildman–Crippen MR) is 99.5 cm³/mol. The molecule has 0 amide bonds. The van der Waals surface area contributed by atoms with Crippen molar-refractivity contribution in [3.05, 3.63) is 88.0 Å². The molecule has 3 aromatic rings. The monoisotopic (exact) mass is 374 g/mol. The van der Waals surface area contributed by atoms with Crippen LogP contribution in [0.5, 0.6) is 17.2 Å². The topological polar surface area (TPSA) is 101 Å². The third-order valence-electron chi connectivity index (χ3n) is 4.72. The number of ether oxygens (including phenoxy) is 1. The van der Waals surface area contributed by atoms with Crippen molar-refractivity contribution in [2.24, 2.45) is 0 Å². The summed E-state index contributed by atoms with van der Waals surface area (Å²) < 4.78 is 5.06. The fourth-order valence-electron chi connectivity index (χ4n) is 3.32. The van der Waals surface area contributed by atoms with Crippen molar-refractivity contribution in [3.63, 3.8) is 0 Å². The number of fused-ring (bicyclic) bond motifs is 2. The molecule has 4 rings (SSSR count). The highest BCUT2D eigenvalue weighted by atomic mass is 16.5. The van der Waals surface area contributed by atoms with Gasteiger partial charge in [-0.25, -0.2) is 0 Å². The van der Waals surface area contributed by atoms with Gasteiger partial charge < -0.3 is 14.9 Å². The maximum absolute atomic E-state index is 12.9. The van der Waals surface area contributed by atoms with Crippen molar-refractivity contribution in [2.45, 2.75) is 0 Å². The van der Waals surface area contributed by atoms with Gasteiger partial charge in [0.15, 0.2) is 11.6 Å². The second kappa shape index (κ2) is 6.35. The van der Waals surface area contributed by atoms with Crippen molar-refractivity contribution in [1.29, 1.82) is 0 Å². The van der Waals surface area contributed by atoms with E-state index in [1.54, 1.807) is 24.3 Å². The molecule has 0 aromatic heterocycles. The molecule has 0 radical (unpaired) electrons. The summed E-state index contributed by atoms with van der Waals surface area (Å²) in [5.74, 6) is -1.85. The van der Waals surface area contributed by atoms with Crippen LogP contribution < -0.4 is 4.74 Å². The third kappa shape index (κ3) is 2.54. The van der Waals surface area contributed by atoms with Crippen molar-refractivity contribution >= 4 is 17.3 Å². The van der Waals surface area contributed by atoms with E-state index in [4.69, 9.17) is 4.74 Å². The fraction of sp³-hybridized carbons (Fsp3) is 0.0455. The number of carbonyl (C=O) groups is 3. The minimum Gasteiger partial charge on any atom is -0.507 e. The fourth-order valence-corrected chi connectivity index (χ4v) is 3.32. The predicted octanol–water partition coefficient (Wildman–Crippen LogP) is 3.11. The Kier molecular flexibility index (Phi) is 3.96. The summed E-state index contributed by atoms with van der Waals surface area (Å²) in [6.45, 7) is 0. The number of phenols is 2. The Hall–Kier alpha value is -3.93. The van der Waals surface area contributed by atoms with Gasteiger partial charge in [-0.15, -0.1) is 0 Å². The maximum atomic E-state index is 12.9. The number of hydrogen-bond donors (Lipinski definition) is 2. The lowest BCUT2D eigenvalue weighted by Gasteiger charge is -2.20. The average molecular weight is 374 g/mol. The second-order valence-electron chi connectivity index (χ2n) is 6.33. The van der Waals surface area contributed by atoms with Crippen molar-refractivity contribution < 1.29 is 29.3 Å². The van der Waals surface area contributed by atoms with Gasteiger partial charge in [-0.1, -0.05) is 12.1 Å². The van der Waals surface area contributed by atoms with Crippen LogP contribution in [0.4, 0.5) is 0 Å². The molecule has 3 aromatic carbocycles. The summed E-state index contributed by atoms with van der Waals surface area (Å²) in [6.07, 6.45) is 0. The van der Waals surface area contributed by atoms with Gasteiger partial charge >= 0.3 is 0 Å². The Morgan fingerprint density at radius 1 is 0.786 bits per heavy atom. The lowest BCUT2D eigenvalue weighted by atomic mass is 9.81. The molecule has 6 nitrogen and oxygen atoms in total. The van der Waals surface area contributed by atoms with Crippen LogP contribution in [0, 0.1) is 0 Å². The van der Waals surface area contributed by atoms with E-state index >= 15 is 0 Å². The highest BCUT2D eigenvalue weighted by Crippen LogP contribution is 2.37. The normalized spacial score (nSPS) is 12.3. The van der Waals surface area contributed by atoms with Gasteiger partial charge in [0.05, 0.1) is 18.2 Å². The number of rotatable bonds is 3. The quantitative estimate of drug-likeness (QED) is 0.535. The van der Waals surface area contributed by atoms with E-state index in [1.165, 1.54) is 31.4 Å². The number of benzene rings is 3. The largest absolute Gasteiger partial charge is 0.507 e. The smallest absolute Gasteiger partial charge is 0.201 e. The summed E-state index contributed by atoms with van der Waals surface area (Å²) in [7, 11) is 1.51. The molecule has 6 heteroatoms. The van der Waals surface area contributed by atoms with Gasteiger partial charge in [-0.05, 0) is 42.5 Å². The Bertz CT molecular complexity index is 1160. The number of hydrogen-bond acceptors (Lipinski definition) is 6. The Morgan fingerprint density at radius 3 is 2.14 bits per heavy atom. The standard InChI is InChI=1S/C22H14O6/c1-28-13-7-5-11(6-8-13)20(25)12-9-15-19(17(24)10-12)22(27)18-14(21(15)26)3-2-4-16(18)23/h2-10,23-24H,1H3. The highest BCUT2D eigenvalue weighted by molar-refractivity contribution is 6.30. The molecule has 0 heterocycles. The van der Waals surface area contributed by atoms with E-state index in [9.17, 15) is 24.6 Å². The molecule has 0 aliphatic heterocycles. The van der Waals surface area contributed by atoms with E-state index in [1.807, 2.05) is 0 Å². The number of methoxy groups -OCH3 is 1. The number of ketones is 3. The molecule has 0 unspecified atom stereocenters. The summed E-state index contributed by atoms with van der Waals surface area (Å²) in [6, 6.07) is 13.0. The molecule has 1 aliphatic rings. The molecule has 0 atom stereocenters. The maximum Gasteiger partial charge on any atom is 0.201 e. The molecule has 0 saturated heterocycles. The van der Waals surface area contributed by atoms with Crippen molar-refractivity contribution in [2.75, 3.05) is 7.11 Å². The van der Waals surface area contributed by atoms with Crippen LogP contribution in [0.3, 0.4) is 0 Å². The third-order valence-corrected chi connectivity index (χ3v) is 4.72. The van der Waals surface area contributed by atoms with Crippen LogP contribution in [0.15, 0.2) is 54.6 Å². The van der Waals surface area contributed by atoms with E-state index in [0.29, 0.717) is 11.3 Å². The van der Waals surface area contributed by atoms with E-state index in [-0.39, 0.29) is 33.6 Å². The van der Waals surface area contributed by atoms with E-state index < -0.39 is 23.1 Å². The molecule has 0 bridgehead atoms. The molecule has 138 valence electrons. The van der Waals surface area contributed by atoms with Gasteiger partial charge in [0.2, 0.25) is 5.78 Å². The average Bonchev–Trinajstić information content (AvgIpc) is 2.70. The van der Waals surface area contributed by atoms with Gasteiger partial charge in [0.1, 0.15) is 17.2 Å². The molecule has 28 heavy (non-hydrogen) atoms.